The Morgan fingerprint density at radius 3 is 2.62 bits per heavy atom. The fourth-order valence-electron chi connectivity index (χ4n) is 3.89. The Morgan fingerprint density at radius 2 is 1.93 bits per heavy atom. The highest BCUT2D eigenvalue weighted by Crippen LogP contribution is 2.40. The number of carbonyl (C=O) groups excluding carboxylic acids is 1. The molecule has 6 atom stereocenters. The topological polar surface area (TPSA) is 240 Å². The number of anilines is 1. The zero-order valence-electron chi connectivity index (χ0n) is 22.0. The predicted molar refractivity (Wildman–Crippen MR) is 145 cm³/mol. The molecule has 4 N–H and O–H groups in total. The first-order valence-electron chi connectivity index (χ1n) is 12.4. The Hall–Kier alpha value is -4.56. The molecule has 3 aromatic rings. The van der Waals surface area contributed by atoms with Gasteiger partial charge in [-0.25, -0.2) is 9.59 Å². The number of benzene rings is 2. The maximum atomic E-state index is 12.6. The summed E-state index contributed by atoms with van der Waals surface area (Å²) < 4.78 is 26.7. The molecule has 1 aliphatic rings. The lowest BCUT2D eigenvalue weighted by atomic mass is 10.1. The lowest BCUT2D eigenvalue weighted by Gasteiger charge is -2.26. The average Bonchev–Trinajstić information content (AvgIpc) is 3.21. The molecule has 1 aliphatic heterocycles. The molecule has 2 unspecified atom stereocenters. The zero-order chi connectivity index (χ0) is 30.3. The Labute approximate surface area is 239 Å². The van der Waals surface area contributed by atoms with Crippen LogP contribution < -0.4 is 25.6 Å². The standard InChI is InChI=1S/C25H26N7O9P/c1-15(23(35)38-13-16-7-3-2-4-8-16)29-42(37)41-18-10-6-5-9-17(18)39-14-25(30-31-27)21(34)20(33)22(40-25)32-12-11-19(26)28-24(32)36/h2-12,15,20-22,33-34H,13-14H2,1H3,(H2,26,28,36)/t15-,20-,21+,22?,25-/m1/s1. The fourth-order valence-corrected chi connectivity index (χ4v) is 4.63. The highest BCUT2D eigenvalue weighted by atomic mass is 31.1. The van der Waals surface area contributed by atoms with E-state index in [0.717, 1.165) is 10.1 Å². The van der Waals surface area contributed by atoms with Crippen LogP contribution in [0.4, 0.5) is 5.82 Å². The van der Waals surface area contributed by atoms with Crippen molar-refractivity contribution in [2.24, 2.45) is 9.86 Å². The van der Waals surface area contributed by atoms with E-state index in [1.54, 1.807) is 36.4 Å². The van der Waals surface area contributed by atoms with E-state index < -0.39 is 56.6 Å². The number of para-hydroxylation sites is 2. The van der Waals surface area contributed by atoms with Crippen molar-refractivity contribution >= 4 is 20.0 Å². The monoisotopic (exact) mass is 599 g/mol. The number of rotatable bonds is 11. The molecule has 0 radical (unpaired) electrons. The minimum absolute atomic E-state index is 0.0216. The Bertz CT molecular complexity index is 1550. The molecule has 0 spiro atoms. The third-order valence-corrected chi connectivity index (χ3v) is 6.92. The van der Waals surface area contributed by atoms with Crippen LogP contribution in [-0.4, -0.2) is 56.3 Å². The van der Waals surface area contributed by atoms with Crippen LogP contribution in [0.15, 0.2) is 81.5 Å². The van der Waals surface area contributed by atoms with Gasteiger partial charge in [-0.15, -0.1) is 0 Å². The first-order chi connectivity index (χ1) is 20.1. The number of ether oxygens (including phenoxy) is 3. The number of esters is 1. The number of aromatic nitrogens is 2. The van der Waals surface area contributed by atoms with Gasteiger partial charge in [-0.2, -0.15) is 4.98 Å². The Kier molecular flexibility index (Phi) is 9.70. The van der Waals surface area contributed by atoms with Gasteiger partial charge in [0.2, 0.25) is 11.5 Å². The van der Waals surface area contributed by atoms with Crippen molar-refractivity contribution in [2.45, 2.75) is 43.7 Å². The van der Waals surface area contributed by atoms with Gasteiger partial charge >= 0.3 is 19.8 Å². The third-order valence-electron chi connectivity index (χ3n) is 6.03. The number of nitrogens with two attached hydrogens (primary N) is 1. The summed E-state index contributed by atoms with van der Waals surface area (Å²) in [5.74, 6) is -0.869. The summed E-state index contributed by atoms with van der Waals surface area (Å²) >= 11 is 0. The number of nitrogens with zero attached hydrogens (tertiary/aromatic N) is 6. The Morgan fingerprint density at radius 1 is 1.24 bits per heavy atom. The van der Waals surface area contributed by atoms with Gasteiger partial charge in [-0.1, -0.05) is 52.3 Å². The number of hydrogen-bond acceptors (Lipinski definition) is 13. The van der Waals surface area contributed by atoms with Crippen molar-refractivity contribution in [1.82, 2.24) is 9.55 Å². The number of nitrogen functional groups attached to an aromatic ring is 1. The molecule has 16 nitrogen and oxygen atoms in total. The molecule has 42 heavy (non-hydrogen) atoms. The van der Waals surface area contributed by atoms with Crippen LogP contribution >= 0.6 is 8.17 Å². The second-order valence-corrected chi connectivity index (χ2v) is 9.86. The van der Waals surface area contributed by atoms with E-state index in [0.29, 0.717) is 0 Å². The summed E-state index contributed by atoms with van der Waals surface area (Å²) in [7, 11) is -2.77. The molecule has 0 saturated carbocycles. The lowest BCUT2D eigenvalue weighted by Crippen LogP contribution is -2.46. The summed E-state index contributed by atoms with van der Waals surface area (Å²) in [6, 6.07) is 15.1. The smallest absolute Gasteiger partial charge is 0.395 e. The molecule has 0 aliphatic carbocycles. The van der Waals surface area contributed by atoms with Crippen molar-refractivity contribution in [3.8, 4) is 11.5 Å². The molecular weight excluding hydrogens is 573 g/mol. The highest BCUT2D eigenvalue weighted by Gasteiger charge is 2.56. The second kappa shape index (κ2) is 13.4. The maximum Gasteiger partial charge on any atom is 0.395 e. The quantitative estimate of drug-likeness (QED) is 0.0938. The van der Waals surface area contributed by atoms with Crippen molar-refractivity contribution in [2.75, 3.05) is 12.3 Å². The highest BCUT2D eigenvalue weighted by molar-refractivity contribution is 7.34. The van der Waals surface area contributed by atoms with E-state index in [4.69, 9.17) is 30.0 Å². The van der Waals surface area contributed by atoms with Gasteiger partial charge in [-0.3, -0.25) is 9.09 Å². The predicted octanol–water partition coefficient (Wildman–Crippen LogP) is 1.53. The summed E-state index contributed by atoms with van der Waals surface area (Å²) in [5, 5.41) is 24.9. The SMILES string of the molecule is C[C@@H](N=[P+]([O-])Oc1ccccc1OC[C@@]1(N=[N+]=[N-])OC(n2ccc(N)nc2=O)[C@H](O)[C@@H]1O)C(=O)OCc1ccccc1. The minimum Gasteiger partial charge on any atom is -0.575 e. The third kappa shape index (κ3) is 7.01. The molecule has 2 heterocycles. The van der Waals surface area contributed by atoms with Gasteiger partial charge in [0, 0.05) is 11.1 Å². The lowest BCUT2D eigenvalue weighted by molar-refractivity contribution is -0.170. The number of hydrogen-bond donors (Lipinski definition) is 3. The van der Waals surface area contributed by atoms with Crippen molar-refractivity contribution in [3.05, 3.63) is 93.4 Å². The normalized spacial score (nSPS) is 22.6. The summed E-state index contributed by atoms with van der Waals surface area (Å²) in [5.41, 5.74) is 12.4. The van der Waals surface area contributed by atoms with Crippen LogP contribution in [0.25, 0.3) is 10.4 Å². The van der Waals surface area contributed by atoms with Crippen LogP contribution in [0.5, 0.6) is 11.5 Å². The van der Waals surface area contributed by atoms with Gasteiger partial charge in [0.15, 0.2) is 18.0 Å². The van der Waals surface area contributed by atoms with Crippen LogP contribution in [0.1, 0.15) is 18.7 Å². The number of aliphatic hydroxyl groups is 2. The minimum atomic E-state index is -2.77. The average molecular weight is 599 g/mol. The molecule has 0 bridgehead atoms. The van der Waals surface area contributed by atoms with Crippen molar-refractivity contribution in [1.29, 1.82) is 0 Å². The van der Waals surface area contributed by atoms with E-state index in [1.807, 2.05) is 6.07 Å². The summed E-state index contributed by atoms with van der Waals surface area (Å²) in [6.45, 7) is 0.756. The van der Waals surface area contributed by atoms with Gasteiger partial charge in [-0.05, 0) is 36.2 Å². The van der Waals surface area contributed by atoms with Gasteiger partial charge in [0.05, 0.1) is 0 Å². The molecule has 0 amide bonds. The molecular formula is C25H26N7O9P. The molecule has 1 aromatic heterocycles. The van der Waals surface area contributed by atoms with Gasteiger partial charge in [0.25, 0.3) is 0 Å². The number of azide groups is 1. The van der Waals surface area contributed by atoms with Crippen LogP contribution in [0.3, 0.4) is 0 Å². The van der Waals surface area contributed by atoms with E-state index >= 15 is 0 Å². The number of carbonyl (C=O) groups is 1. The summed E-state index contributed by atoms with van der Waals surface area (Å²) in [4.78, 5) is 43.4. The van der Waals surface area contributed by atoms with E-state index in [1.165, 1.54) is 31.3 Å². The number of aliphatic hydroxyl groups excluding tert-OH is 2. The zero-order valence-corrected chi connectivity index (χ0v) is 22.9. The first kappa shape index (κ1) is 30.4. The Balaban J connectivity index is 1.45. The van der Waals surface area contributed by atoms with Crippen LogP contribution in [0.2, 0.25) is 0 Å². The molecule has 220 valence electrons. The molecule has 17 heteroatoms. The molecule has 4 rings (SSSR count). The summed E-state index contributed by atoms with van der Waals surface area (Å²) in [6.07, 6.45) is -3.88. The second-order valence-electron chi connectivity index (χ2n) is 8.97. The first-order valence-corrected chi connectivity index (χ1v) is 13.5. The van der Waals surface area contributed by atoms with Crippen molar-refractivity contribution in [3.63, 3.8) is 0 Å². The van der Waals surface area contributed by atoms with E-state index in [2.05, 4.69) is 19.8 Å². The molecule has 1 fully saturated rings. The van der Waals surface area contributed by atoms with Crippen LogP contribution in [-0.2, 0) is 20.9 Å². The molecule has 2 aromatic carbocycles. The van der Waals surface area contributed by atoms with Gasteiger partial charge < -0.3 is 35.1 Å². The fraction of sp³-hybridized carbons (Fsp3) is 0.320. The van der Waals surface area contributed by atoms with E-state index in [9.17, 15) is 24.7 Å². The van der Waals surface area contributed by atoms with Gasteiger partial charge in [0.1, 0.15) is 31.2 Å². The molecule has 1 saturated heterocycles. The largest absolute Gasteiger partial charge is 0.575 e. The van der Waals surface area contributed by atoms with E-state index in [-0.39, 0.29) is 23.9 Å². The van der Waals surface area contributed by atoms with Crippen LogP contribution in [0, 0.1) is 0 Å². The van der Waals surface area contributed by atoms with Crippen molar-refractivity contribution < 1.29 is 38.6 Å². The maximum absolute atomic E-state index is 12.6.